The van der Waals surface area contributed by atoms with Gasteiger partial charge in [0.1, 0.15) is 6.61 Å². The van der Waals surface area contributed by atoms with Crippen LogP contribution in [0.25, 0.3) is 0 Å². The van der Waals surface area contributed by atoms with Crippen molar-refractivity contribution in [2.45, 2.75) is 31.9 Å². The normalized spacial score (nSPS) is 22.0. The van der Waals surface area contributed by atoms with Crippen LogP contribution in [-0.2, 0) is 21.4 Å². The van der Waals surface area contributed by atoms with Crippen LogP contribution < -0.4 is 10.5 Å². The Kier molecular flexibility index (Phi) is 5.19. The maximum absolute atomic E-state index is 11.7. The van der Waals surface area contributed by atoms with Crippen LogP contribution in [0.2, 0.25) is 0 Å². The van der Waals surface area contributed by atoms with Gasteiger partial charge in [0.15, 0.2) is 0 Å². The third kappa shape index (κ3) is 5.73. The van der Waals surface area contributed by atoms with Gasteiger partial charge in [-0.25, -0.2) is 18.4 Å². The number of sulfonamides is 1. The Bertz CT molecular complexity index is 574. The van der Waals surface area contributed by atoms with Crippen molar-refractivity contribution in [1.82, 2.24) is 5.32 Å². The van der Waals surface area contributed by atoms with Gasteiger partial charge in [-0.15, -0.1) is 0 Å². The predicted octanol–water partition coefficient (Wildman–Crippen LogP) is 1.37. The summed E-state index contributed by atoms with van der Waals surface area (Å²) in [4.78, 5) is 11.7. The topological polar surface area (TPSA) is 98.5 Å². The average Bonchev–Trinajstić information content (AvgIpc) is 2.82. The summed E-state index contributed by atoms with van der Waals surface area (Å²) in [5, 5.41) is 7.80. The molecule has 1 aliphatic carbocycles. The van der Waals surface area contributed by atoms with E-state index in [1.54, 1.807) is 0 Å². The van der Waals surface area contributed by atoms with Gasteiger partial charge >= 0.3 is 6.09 Å². The second kappa shape index (κ2) is 6.91. The van der Waals surface area contributed by atoms with Crippen molar-refractivity contribution < 1.29 is 17.9 Å². The summed E-state index contributed by atoms with van der Waals surface area (Å²) < 4.78 is 27.2. The summed E-state index contributed by atoms with van der Waals surface area (Å²) >= 11 is 0. The average molecular weight is 312 g/mol. The van der Waals surface area contributed by atoms with Crippen LogP contribution in [0, 0.1) is 5.92 Å². The third-order valence-corrected chi connectivity index (χ3v) is 4.48. The Morgan fingerprint density at radius 2 is 2.00 bits per heavy atom. The lowest BCUT2D eigenvalue weighted by Crippen LogP contribution is -2.33. The van der Waals surface area contributed by atoms with Crippen LogP contribution in [0.15, 0.2) is 30.3 Å². The molecule has 0 spiro atoms. The Morgan fingerprint density at radius 1 is 1.29 bits per heavy atom. The number of primary sulfonamides is 1. The van der Waals surface area contributed by atoms with Crippen molar-refractivity contribution in [1.29, 1.82) is 0 Å². The zero-order valence-electron chi connectivity index (χ0n) is 11.7. The Morgan fingerprint density at radius 3 is 2.67 bits per heavy atom. The minimum atomic E-state index is -3.45. The smallest absolute Gasteiger partial charge is 0.407 e. The molecule has 6 nitrogen and oxygen atoms in total. The molecule has 0 aliphatic heterocycles. The Labute approximate surface area is 124 Å². The SMILES string of the molecule is NS(=O)(=O)C[C@H]1CC[C@@H](NC(=O)OCc2ccccc2)C1. The van der Waals surface area contributed by atoms with E-state index in [9.17, 15) is 13.2 Å². The number of rotatable bonds is 5. The van der Waals surface area contributed by atoms with Gasteiger partial charge in [0, 0.05) is 6.04 Å². The number of nitrogens with two attached hydrogens (primary N) is 1. The molecule has 3 N–H and O–H groups in total. The number of amides is 1. The fourth-order valence-corrected chi connectivity index (χ4v) is 3.58. The monoisotopic (exact) mass is 312 g/mol. The van der Waals surface area contributed by atoms with Crippen LogP contribution in [-0.4, -0.2) is 26.3 Å². The zero-order valence-corrected chi connectivity index (χ0v) is 12.5. The molecule has 0 saturated heterocycles. The fourth-order valence-electron chi connectivity index (χ4n) is 2.62. The number of alkyl carbamates (subject to hydrolysis) is 1. The number of ether oxygens (including phenoxy) is 1. The molecule has 1 aliphatic rings. The largest absolute Gasteiger partial charge is 0.445 e. The van der Waals surface area contributed by atoms with Gasteiger partial charge in [0.25, 0.3) is 0 Å². The molecule has 0 radical (unpaired) electrons. The zero-order chi connectivity index (χ0) is 15.3. The predicted molar refractivity (Wildman–Crippen MR) is 78.9 cm³/mol. The standard InChI is InChI=1S/C14H20N2O4S/c15-21(18,19)10-12-6-7-13(8-12)16-14(17)20-9-11-4-2-1-3-5-11/h1-5,12-13H,6-10H2,(H,16,17)(H2,15,18,19)/t12-,13+/m0/s1. The first-order chi connectivity index (χ1) is 9.92. The minimum absolute atomic E-state index is 0.0134. The highest BCUT2D eigenvalue weighted by Crippen LogP contribution is 2.26. The van der Waals surface area contributed by atoms with Crippen molar-refractivity contribution in [3.63, 3.8) is 0 Å². The molecule has 2 atom stereocenters. The van der Waals surface area contributed by atoms with Gasteiger partial charge < -0.3 is 10.1 Å². The van der Waals surface area contributed by atoms with Crippen molar-refractivity contribution in [2.24, 2.45) is 11.1 Å². The lowest BCUT2D eigenvalue weighted by molar-refractivity contribution is 0.135. The molecule has 0 unspecified atom stereocenters. The fraction of sp³-hybridized carbons (Fsp3) is 0.500. The van der Waals surface area contributed by atoms with Gasteiger partial charge in [0.05, 0.1) is 5.75 Å². The molecular formula is C14H20N2O4S. The van der Waals surface area contributed by atoms with Gasteiger partial charge in [-0.3, -0.25) is 0 Å². The molecule has 7 heteroatoms. The van der Waals surface area contributed by atoms with E-state index in [0.29, 0.717) is 6.42 Å². The van der Waals surface area contributed by atoms with Gasteiger partial charge in [0.2, 0.25) is 10.0 Å². The van der Waals surface area contributed by atoms with E-state index in [1.165, 1.54) is 0 Å². The number of nitrogens with one attached hydrogen (secondary N) is 1. The summed E-state index contributed by atoms with van der Waals surface area (Å²) in [5.74, 6) is -0.0102. The van der Waals surface area contributed by atoms with Crippen molar-refractivity contribution in [2.75, 3.05) is 5.75 Å². The third-order valence-electron chi connectivity index (χ3n) is 3.54. The molecule has 1 amide bonds. The molecule has 1 fully saturated rings. The first kappa shape index (κ1) is 15.8. The van der Waals surface area contributed by atoms with E-state index in [0.717, 1.165) is 18.4 Å². The van der Waals surface area contributed by atoms with Crippen molar-refractivity contribution in [3.05, 3.63) is 35.9 Å². The van der Waals surface area contributed by atoms with Crippen LogP contribution in [0.5, 0.6) is 0 Å². The van der Waals surface area contributed by atoms with Gasteiger partial charge in [-0.1, -0.05) is 30.3 Å². The summed E-state index contributed by atoms with van der Waals surface area (Å²) in [6, 6.07) is 9.38. The number of carbonyl (C=O) groups excluding carboxylic acids is 1. The first-order valence-corrected chi connectivity index (χ1v) is 8.61. The van der Waals surface area contributed by atoms with E-state index in [1.807, 2.05) is 30.3 Å². The lowest BCUT2D eigenvalue weighted by Gasteiger charge is -2.13. The Hall–Kier alpha value is -1.60. The summed E-state index contributed by atoms with van der Waals surface area (Å²) in [7, 11) is -3.45. The second-order valence-corrected chi connectivity index (χ2v) is 7.07. The molecule has 0 bridgehead atoms. The second-order valence-electron chi connectivity index (χ2n) is 5.41. The molecule has 2 rings (SSSR count). The van der Waals surface area contributed by atoms with E-state index >= 15 is 0 Å². The molecule has 116 valence electrons. The highest BCUT2D eigenvalue weighted by molar-refractivity contribution is 7.89. The van der Waals surface area contributed by atoms with E-state index in [2.05, 4.69) is 5.32 Å². The van der Waals surface area contributed by atoms with Crippen LogP contribution in [0.3, 0.4) is 0 Å². The maximum atomic E-state index is 11.7. The highest BCUT2D eigenvalue weighted by Gasteiger charge is 2.28. The van der Waals surface area contributed by atoms with Crippen molar-refractivity contribution in [3.8, 4) is 0 Å². The molecule has 1 aromatic carbocycles. The number of hydrogen-bond acceptors (Lipinski definition) is 4. The molecular weight excluding hydrogens is 292 g/mol. The maximum Gasteiger partial charge on any atom is 0.407 e. The van der Waals surface area contributed by atoms with Crippen LogP contribution in [0.4, 0.5) is 4.79 Å². The summed E-state index contributed by atoms with van der Waals surface area (Å²) in [6.07, 6.45) is 1.65. The van der Waals surface area contributed by atoms with E-state index in [4.69, 9.17) is 9.88 Å². The number of carbonyl (C=O) groups is 1. The van der Waals surface area contributed by atoms with Crippen molar-refractivity contribution >= 4 is 16.1 Å². The number of hydrogen-bond donors (Lipinski definition) is 2. The van der Waals surface area contributed by atoms with Gasteiger partial charge in [-0.05, 0) is 30.7 Å². The molecule has 0 aromatic heterocycles. The number of benzene rings is 1. The first-order valence-electron chi connectivity index (χ1n) is 6.90. The summed E-state index contributed by atoms with van der Waals surface area (Å²) in [5.41, 5.74) is 0.922. The Balaban J connectivity index is 1.72. The highest BCUT2D eigenvalue weighted by atomic mass is 32.2. The molecule has 21 heavy (non-hydrogen) atoms. The van der Waals surface area contributed by atoms with Crippen LogP contribution >= 0.6 is 0 Å². The quantitative estimate of drug-likeness (QED) is 0.858. The van der Waals surface area contributed by atoms with E-state index < -0.39 is 16.1 Å². The molecule has 0 heterocycles. The summed E-state index contributed by atoms with van der Waals surface area (Å²) in [6.45, 7) is 0.222. The van der Waals surface area contributed by atoms with Crippen LogP contribution in [0.1, 0.15) is 24.8 Å². The van der Waals surface area contributed by atoms with E-state index in [-0.39, 0.29) is 24.3 Å². The minimum Gasteiger partial charge on any atom is -0.445 e. The molecule has 1 aromatic rings. The lowest BCUT2D eigenvalue weighted by atomic mass is 10.1. The molecule has 1 saturated carbocycles. The van der Waals surface area contributed by atoms with Gasteiger partial charge in [-0.2, -0.15) is 0 Å².